The normalized spacial score (nSPS) is 11.0. The lowest BCUT2D eigenvalue weighted by molar-refractivity contribution is 0.0980. The molecule has 0 saturated heterocycles. The Morgan fingerprint density at radius 2 is 1.84 bits per heavy atom. The number of anilines is 1. The number of nitrogens with zero attached hydrogens (tertiary/aromatic N) is 5. The maximum Gasteiger partial charge on any atom is 0.261 e. The zero-order valence-electron chi connectivity index (χ0n) is 17.1. The molecular weight excluding hydrogens is 421 g/mol. The van der Waals surface area contributed by atoms with Crippen LogP contribution in [0.3, 0.4) is 0 Å². The predicted octanol–water partition coefficient (Wildman–Crippen LogP) is 4.39. The lowest BCUT2D eigenvalue weighted by atomic mass is 10.1. The molecule has 9 heteroatoms. The van der Waals surface area contributed by atoms with Gasteiger partial charge in [-0.25, -0.2) is 9.37 Å². The summed E-state index contributed by atoms with van der Waals surface area (Å²) < 4.78 is 21.1. The second kappa shape index (κ2) is 8.31. The van der Waals surface area contributed by atoms with Gasteiger partial charge in [-0.2, -0.15) is 9.50 Å². The maximum atomic E-state index is 14.4. The highest BCUT2D eigenvalue weighted by atomic mass is 35.5. The van der Waals surface area contributed by atoms with Crippen LogP contribution in [-0.2, 0) is 6.54 Å². The summed E-state index contributed by atoms with van der Waals surface area (Å²) in [7, 11) is 1.56. The molecule has 2 heterocycles. The van der Waals surface area contributed by atoms with E-state index in [4.69, 9.17) is 16.3 Å². The number of fused-ring (bicyclic) bond motifs is 1. The molecule has 31 heavy (non-hydrogen) atoms. The average molecular weight is 440 g/mol. The number of hydrogen-bond acceptors (Lipinski definition) is 5. The molecule has 0 aliphatic heterocycles. The van der Waals surface area contributed by atoms with Gasteiger partial charge in [0.2, 0.25) is 0 Å². The SMILES string of the molecule is COc1ccc(N(Cc2nc3nc(C)c(Cl)c(C)n3n2)C(=O)c2ccccc2F)cc1. The number of hydrogen-bond donors (Lipinski definition) is 0. The Hall–Kier alpha value is -3.52. The maximum absolute atomic E-state index is 14.4. The molecule has 2 aromatic carbocycles. The molecule has 1 amide bonds. The molecule has 0 unspecified atom stereocenters. The van der Waals surface area contributed by atoms with E-state index in [0.717, 1.165) is 0 Å². The van der Waals surface area contributed by atoms with Gasteiger partial charge in [0.15, 0.2) is 5.82 Å². The number of methoxy groups -OCH3 is 1. The van der Waals surface area contributed by atoms with Crippen LogP contribution in [0.4, 0.5) is 10.1 Å². The van der Waals surface area contributed by atoms with E-state index < -0.39 is 11.7 Å². The number of aryl methyl sites for hydroxylation is 2. The minimum atomic E-state index is -0.603. The molecule has 158 valence electrons. The molecule has 0 saturated carbocycles. The molecule has 0 atom stereocenters. The Morgan fingerprint density at radius 3 is 2.52 bits per heavy atom. The lowest BCUT2D eigenvalue weighted by Crippen LogP contribution is -2.31. The third kappa shape index (κ3) is 3.94. The molecular formula is C22H19ClFN5O2. The average Bonchev–Trinajstić information content (AvgIpc) is 3.18. The molecule has 0 fully saturated rings. The first kappa shape index (κ1) is 20.7. The summed E-state index contributed by atoms with van der Waals surface area (Å²) in [5.41, 5.74) is 1.83. The van der Waals surface area contributed by atoms with Crippen LogP contribution in [0, 0.1) is 19.7 Å². The zero-order chi connectivity index (χ0) is 22.1. The van der Waals surface area contributed by atoms with Gasteiger partial charge in [-0.3, -0.25) is 4.79 Å². The van der Waals surface area contributed by atoms with Crippen molar-refractivity contribution in [3.05, 3.63) is 82.1 Å². The fourth-order valence-electron chi connectivity index (χ4n) is 3.23. The van der Waals surface area contributed by atoms with Crippen molar-refractivity contribution in [2.75, 3.05) is 12.0 Å². The van der Waals surface area contributed by atoms with Crippen molar-refractivity contribution >= 4 is 29.0 Å². The first-order valence-electron chi connectivity index (χ1n) is 9.48. The summed E-state index contributed by atoms with van der Waals surface area (Å²) in [6.45, 7) is 3.61. The summed E-state index contributed by atoms with van der Waals surface area (Å²) in [6.07, 6.45) is 0. The number of amides is 1. The second-order valence-corrected chi connectivity index (χ2v) is 7.28. The number of halogens is 2. The van der Waals surface area contributed by atoms with Gasteiger partial charge in [0.05, 0.1) is 35.6 Å². The quantitative estimate of drug-likeness (QED) is 0.461. The van der Waals surface area contributed by atoms with Crippen LogP contribution in [-0.4, -0.2) is 32.6 Å². The number of aromatic nitrogens is 4. The summed E-state index contributed by atoms with van der Waals surface area (Å²) in [5.74, 6) is 0.243. The van der Waals surface area contributed by atoms with Gasteiger partial charge in [-0.05, 0) is 50.2 Å². The van der Waals surface area contributed by atoms with Crippen molar-refractivity contribution in [2.45, 2.75) is 20.4 Å². The van der Waals surface area contributed by atoms with E-state index in [9.17, 15) is 9.18 Å². The largest absolute Gasteiger partial charge is 0.497 e. The Kier molecular flexibility index (Phi) is 5.56. The minimum absolute atomic E-state index is 0.0129. The van der Waals surface area contributed by atoms with E-state index in [1.807, 2.05) is 6.92 Å². The summed E-state index contributed by atoms with van der Waals surface area (Å²) in [4.78, 5) is 23.5. The smallest absolute Gasteiger partial charge is 0.261 e. The lowest BCUT2D eigenvalue weighted by Gasteiger charge is -2.22. The van der Waals surface area contributed by atoms with Crippen LogP contribution in [0.5, 0.6) is 5.75 Å². The zero-order valence-corrected chi connectivity index (χ0v) is 17.9. The number of carbonyl (C=O) groups is 1. The second-order valence-electron chi connectivity index (χ2n) is 6.91. The number of ether oxygens (including phenoxy) is 1. The Balaban J connectivity index is 1.77. The molecule has 2 aromatic heterocycles. The highest BCUT2D eigenvalue weighted by Crippen LogP contribution is 2.24. The van der Waals surface area contributed by atoms with Gasteiger partial charge >= 0.3 is 0 Å². The highest BCUT2D eigenvalue weighted by molar-refractivity contribution is 6.31. The summed E-state index contributed by atoms with van der Waals surface area (Å²) >= 11 is 6.27. The molecule has 4 aromatic rings. The van der Waals surface area contributed by atoms with Gasteiger partial charge in [0.25, 0.3) is 11.7 Å². The van der Waals surface area contributed by atoms with Crippen LogP contribution in [0.25, 0.3) is 5.78 Å². The van der Waals surface area contributed by atoms with Gasteiger partial charge in [-0.1, -0.05) is 23.7 Å². The van der Waals surface area contributed by atoms with E-state index in [1.54, 1.807) is 44.4 Å². The molecule has 7 nitrogen and oxygen atoms in total. The van der Waals surface area contributed by atoms with Crippen molar-refractivity contribution in [3.8, 4) is 5.75 Å². The van der Waals surface area contributed by atoms with Gasteiger partial charge in [0, 0.05) is 5.69 Å². The van der Waals surface area contributed by atoms with Crippen molar-refractivity contribution in [1.82, 2.24) is 19.6 Å². The van der Waals surface area contributed by atoms with Crippen LogP contribution in [0.15, 0.2) is 48.5 Å². The van der Waals surface area contributed by atoms with E-state index in [0.29, 0.717) is 39.4 Å². The van der Waals surface area contributed by atoms with E-state index in [-0.39, 0.29) is 12.1 Å². The predicted molar refractivity (Wildman–Crippen MR) is 115 cm³/mol. The Bertz CT molecular complexity index is 1270. The van der Waals surface area contributed by atoms with Gasteiger partial charge in [-0.15, -0.1) is 5.10 Å². The number of benzene rings is 2. The fourth-order valence-corrected chi connectivity index (χ4v) is 3.35. The molecule has 0 radical (unpaired) electrons. The van der Waals surface area contributed by atoms with Crippen LogP contribution < -0.4 is 9.64 Å². The standard InChI is InChI=1S/C22H19ClFN5O2/c1-13-20(23)14(2)29-22(25-13)26-19(27-29)12-28(15-8-10-16(31-3)11-9-15)21(30)17-6-4-5-7-18(17)24/h4-11H,12H2,1-3H3. The summed E-state index contributed by atoms with van der Waals surface area (Å²) in [6, 6.07) is 12.7. The van der Waals surface area contributed by atoms with Crippen molar-refractivity contribution < 1.29 is 13.9 Å². The van der Waals surface area contributed by atoms with Crippen molar-refractivity contribution in [3.63, 3.8) is 0 Å². The van der Waals surface area contributed by atoms with Crippen molar-refractivity contribution in [2.24, 2.45) is 0 Å². The number of carbonyl (C=O) groups excluding carboxylic acids is 1. The molecule has 0 N–H and O–H groups in total. The van der Waals surface area contributed by atoms with Crippen LogP contribution in [0.1, 0.15) is 27.6 Å². The molecule has 0 spiro atoms. The van der Waals surface area contributed by atoms with Crippen LogP contribution in [0.2, 0.25) is 5.02 Å². The Labute approximate surface area is 183 Å². The van der Waals surface area contributed by atoms with E-state index in [1.165, 1.54) is 27.6 Å². The first-order valence-corrected chi connectivity index (χ1v) is 9.85. The van der Waals surface area contributed by atoms with Crippen molar-refractivity contribution in [1.29, 1.82) is 0 Å². The molecule has 0 aliphatic rings. The monoisotopic (exact) mass is 439 g/mol. The minimum Gasteiger partial charge on any atom is -0.497 e. The van der Waals surface area contributed by atoms with E-state index >= 15 is 0 Å². The highest BCUT2D eigenvalue weighted by Gasteiger charge is 2.23. The molecule has 0 bridgehead atoms. The summed E-state index contributed by atoms with van der Waals surface area (Å²) in [5, 5.41) is 4.96. The molecule has 0 aliphatic carbocycles. The topological polar surface area (TPSA) is 72.6 Å². The number of rotatable bonds is 5. The van der Waals surface area contributed by atoms with Gasteiger partial charge < -0.3 is 9.64 Å². The fraction of sp³-hybridized carbons (Fsp3) is 0.182. The first-order chi connectivity index (χ1) is 14.9. The van der Waals surface area contributed by atoms with E-state index in [2.05, 4.69) is 15.1 Å². The van der Waals surface area contributed by atoms with Crippen LogP contribution >= 0.6 is 11.6 Å². The Morgan fingerprint density at radius 1 is 1.13 bits per heavy atom. The third-order valence-corrected chi connectivity index (χ3v) is 5.43. The third-order valence-electron chi connectivity index (χ3n) is 4.89. The van der Waals surface area contributed by atoms with Gasteiger partial charge in [0.1, 0.15) is 11.6 Å². The molecule has 4 rings (SSSR count).